The van der Waals surface area contributed by atoms with Crippen molar-refractivity contribution in [2.24, 2.45) is 4.99 Å². The lowest BCUT2D eigenvalue weighted by atomic mass is 10.2. The highest BCUT2D eigenvalue weighted by Gasteiger charge is 2.27. The molecule has 27 heavy (non-hydrogen) atoms. The van der Waals surface area contributed by atoms with E-state index in [9.17, 15) is 4.79 Å². The van der Waals surface area contributed by atoms with Crippen LogP contribution in [0.3, 0.4) is 0 Å². The molecule has 1 fully saturated rings. The first-order chi connectivity index (χ1) is 13.1. The molecule has 2 aromatic rings. The van der Waals surface area contributed by atoms with E-state index in [1.807, 2.05) is 12.1 Å². The summed E-state index contributed by atoms with van der Waals surface area (Å²) >= 11 is 13.7. The fourth-order valence-electron chi connectivity index (χ4n) is 3.19. The van der Waals surface area contributed by atoms with Crippen LogP contribution in [0, 0.1) is 0 Å². The number of hydrogen-bond donors (Lipinski definition) is 0. The van der Waals surface area contributed by atoms with Crippen LogP contribution in [0.1, 0.15) is 31.4 Å². The maximum Gasteiger partial charge on any atom is 0.286 e. The number of benzene rings is 1. The lowest BCUT2D eigenvalue weighted by Crippen LogP contribution is -2.28. The van der Waals surface area contributed by atoms with Gasteiger partial charge in [-0.15, -0.1) is 0 Å². The van der Waals surface area contributed by atoms with Gasteiger partial charge in [0.15, 0.2) is 5.17 Å². The van der Waals surface area contributed by atoms with Crippen LogP contribution in [0.2, 0.25) is 10.0 Å². The van der Waals surface area contributed by atoms with E-state index in [4.69, 9.17) is 27.6 Å². The number of rotatable bonds is 2. The van der Waals surface area contributed by atoms with Gasteiger partial charge < -0.3 is 9.32 Å². The van der Waals surface area contributed by atoms with Gasteiger partial charge in [-0.1, -0.05) is 36.0 Å². The zero-order valence-corrected chi connectivity index (χ0v) is 16.9. The average molecular weight is 421 g/mol. The number of carbonyl (C=O) groups is 1. The van der Waals surface area contributed by atoms with Crippen LogP contribution >= 0.6 is 35.0 Å². The second kappa shape index (κ2) is 8.13. The van der Waals surface area contributed by atoms with Crippen LogP contribution in [-0.2, 0) is 4.79 Å². The Morgan fingerprint density at radius 1 is 1.07 bits per heavy atom. The molecular formula is C20H18Cl2N2O2S. The van der Waals surface area contributed by atoms with E-state index < -0.39 is 0 Å². The van der Waals surface area contributed by atoms with E-state index in [1.54, 1.807) is 24.3 Å². The fraction of sp³-hybridized carbons (Fsp3) is 0.300. The Bertz CT molecular complexity index is 928. The summed E-state index contributed by atoms with van der Waals surface area (Å²) in [4.78, 5) is 19.3. The molecule has 1 aromatic heterocycles. The van der Waals surface area contributed by atoms with Crippen LogP contribution in [0.15, 0.2) is 44.6 Å². The summed E-state index contributed by atoms with van der Waals surface area (Å²) in [6.07, 6.45) is 6.52. The van der Waals surface area contributed by atoms with Crippen molar-refractivity contribution in [2.45, 2.75) is 25.7 Å². The molecule has 4 nitrogen and oxygen atoms in total. The molecule has 140 valence electrons. The van der Waals surface area contributed by atoms with Crippen LogP contribution in [0.25, 0.3) is 17.4 Å². The minimum absolute atomic E-state index is 0.210. The SMILES string of the molecule is O=C1N=C(N2CCCCCC2)S/C1=C/c1ccc(-c2cc(Cl)ccc2Cl)o1. The van der Waals surface area contributed by atoms with Crippen molar-refractivity contribution in [1.82, 2.24) is 4.90 Å². The highest BCUT2D eigenvalue weighted by Crippen LogP contribution is 2.35. The summed E-state index contributed by atoms with van der Waals surface area (Å²) in [5.41, 5.74) is 0.723. The molecule has 0 atom stereocenters. The summed E-state index contributed by atoms with van der Waals surface area (Å²) in [6, 6.07) is 8.86. The molecule has 1 amide bonds. The second-order valence-corrected chi connectivity index (χ2v) is 8.39. The van der Waals surface area contributed by atoms with E-state index in [1.165, 1.54) is 24.6 Å². The lowest BCUT2D eigenvalue weighted by Gasteiger charge is -2.20. The number of carbonyl (C=O) groups excluding carboxylic acids is 1. The largest absolute Gasteiger partial charge is 0.457 e. The molecular weight excluding hydrogens is 403 g/mol. The predicted molar refractivity (Wildman–Crippen MR) is 112 cm³/mol. The topological polar surface area (TPSA) is 45.8 Å². The first-order valence-electron chi connectivity index (χ1n) is 8.93. The normalized spacial score (nSPS) is 19.5. The number of aliphatic imine (C=N–C) groups is 1. The highest BCUT2D eigenvalue weighted by atomic mass is 35.5. The van der Waals surface area contributed by atoms with Gasteiger partial charge in [-0.3, -0.25) is 4.79 Å². The van der Waals surface area contributed by atoms with Gasteiger partial charge in [0, 0.05) is 29.8 Å². The van der Waals surface area contributed by atoms with Gasteiger partial charge in [-0.2, -0.15) is 4.99 Å². The monoisotopic (exact) mass is 420 g/mol. The molecule has 0 unspecified atom stereocenters. The summed E-state index contributed by atoms with van der Waals surface area (Å²) in [6.45, 7) is 1.93. The number of amides is 1. The minimum atomic E-state index is -0.210. The van der Waals surface area contributed by atoms with Crippen molar-refractivity contribution < 1.29 is 9.21 Å². The molecule has 0 spiro atoms. The van der Waals surface area contributed by atoms with Crippen molar-refractivity contribution in [1.29, 1.82) is 0 Å². The van der Waals surface area contributed by atoms with Crippen LogP contribution < -0.4 is 0 Å². The number of amidine groups is 1. The summed E-state index contributed by atoms with van der Waals surface area (Å²) < 4.78 is 5.87. The third-order valence-corrected chi connectivity index (χ3v) is 6.19. The predicted octanol–water partition coefficient (Wildman–Crippen LogP) is 6.10. The Morgan fingerprint density at radius 3 is 2.63 bits per heavy atom. The number of nitrogens with zero attached hydrogens (tertiary/aromatic N) is 2. The zero-order valence-electron chi connectivity index (χ0n) is 14.6. The quantitative estimate of drug-likeness (QED) is 0.550. The molecule has 0 N–H and O–H groups in total. The smallest absolute Gasteiger partial charge is 0.286 e. The van der Waals surface area contributed by atoms with E-state index >= 15 is 0 Å². The maximum absolute atomic E-state index is 12.3. The lowest BCUT2D eigenvalue weighted by molar-refractivity contribution is -0.113. The third kappa shape index (κ3) is 4.26. The van der Waals surface area contributed by atoms with Crippen LogP contribution in [0.5, 0.6) is 0 Å². The summed E-state index contributed by atoms with van der Waals surface area (Å²) in [5, 5.41) is 1.95. The Kier molecular flexibility index (Phi) is 5.62. The minimum Gasteiger partial charge on any atom is -0.457 e. The number of thioether (sulfide) groups is 1. The molecule has 3 heterocycles. The molecule has 0 bridgehead atoms. The van der Waals surface area contributed by atoms with Gasteiger partial charge in [-0.25, -0.2) is 0 Å². The van der Waals surface area contributed by atoms with E-state index in [0.29, 0.717) is 26.5 Å². The van der Waals surface area contributed by atoms with Gasteiger partial charge >= 0.3 is 0 Å². The number of halogens is 2. The first-order valence-corrected chi connectivity index (χ1v) is 10.5. The molecule has 0 saturated carbocycles. The van der Waals surface area contributed by atoms with Crippen molar-refractivity contribution in [3.05, 3.63) is 51.0 Å². The molecule has 7 heteroatoms. The van der Waals surface area contributed by atoms with E-state index in [0.717, 1.165) is 36.7 Å². The fourth-order valence-corrected chi connectivity index (χ4v) is 4.51. The van der Waals surface area contributed by atoms with E-state index in [-0.39, 0.29) is 5.91 Å². The Hall–Kier alpha value is -1.69. The number of hydrogen-bond acceptors (Lipinski definition) is 4. The van der Waals surface area contributed by atoms with Crippen molar-refractivity contribution in [3.63, 3.8) is 0 Å². The van der Waals surface area contributed by atoms with Gasteiger partial charge in [0.2, 0.25) is 0 Å². The van der Waals surface area contributed by atoms with Gasteiger partial charge in [0.1, 0.15) is 11.5 Å². The second-order valence-electron chi connectivity index (χ2n) is 6.54. The molecule has 0 radical (unpaired) electrons. The van der Waals surface area contributed by atoms with Crippen molar-refractivity contribution in [3.8, 4) is 11.3 Å². The third-order valence-electron chi connectivity index (χ3n) is 4.58. The molecule has 1 saturated heterocycles. The van der Waals surface area contributed by atoms with Crippen LogP contribution in [-0.4, -0.2) is 29.1 Å². The van der Waals surface area contributed by atoms with Gasteiger partial charge in [-0.05, 0) is 54.9 Å². The van der Waals surface area contributed by atoms with Gasteiger partial charge in [0.25, 0.3) is 5.91 Å². The van der Waals surface area contributed by atoms with Crippen molar-refractivity contribution >= 4 is 52.1 Å². The average Bonchev–Trinajstić information content (AvgIpc) is 3.15. The zero-order chi connectivity index (χ0) is 18.8. The first kappa shape index (κ1) is 18.7. The molecule has 1 aromatic carbocycles. The Balaban J connectivity index is 1.52. The Morgan fingerprint density at radius 2 is 1.85 bits per heavy atom. The number of likely N-dealkylation sites (tertiary alicyclic amines) is 1. The van der Waals surface area contributed by atoms with Crippen LogP contribution in [0.4, 0.5) is 0 Å². The Labute approximate surface area is 172 Å². The standard InChI is InChI=1S/C20H18Cl2N2O2S/c21-13-5-7-16(22)15(11-13)17-8-6-14(26-17)12-18-19(25)23-20(27-18)24-9-3-1-2-4-10-24/h5-8,11-12H,1-4,9-10H2/b18-12+. The molecule has 4 rings (SSSR count). The van der Waals surface area contributed by atoms with E-state index in [2.05, 4.69) is 9.89 Å². The van der Waals surface area contributed by atoms with Crippen molar-refractivity contribution in [2.75, 3.05) is 13.1 Å². The van der Waals surface area contributed by atoms with Gasteiger partial charge in [0.05, 0.1) is 9.93 Å². The molecule has 2 aliphatic rings. The molecule has 0 aliphatic carbocycles. The summed E-state index contributed by atoms with van der Waals surface area (Å²) in [7, 11) is 0. The summed E-state index contributed by atoms with van der Waals surface area (Å²) in [5.74, 6) is 0.987. The maximum atomic E-state index is 12.3. The highest BCUT2D eigenvalue weighted by molar-refractivity contribution is 8.18. The molecule has 2 aliphatic heterocycles. The number of furan rings is 1.